The van der Waals surface area contributed by atoms with Gasteiger partial charge in [0, 0.05) is 11.6 Å². The number of aromatic carboxylic acids is 1. The number of carbonyl (C=O) groups excluding carboxylic acids is 1. The molecular formula is C7H2F3NaO2. The maximum absolute atomic E-state index is 12.5. The molecule has 0 heterocycles. The zero-order chi connectivity index (χ0) is 9.30. The van der Waals surface area contributed by atoms with Crippen molar-refractivity contribution in [2.24, 2.45) is 0 Å². The number of hydrogen-bond acceptors (Lipinski definition) is 2. The summed E-state index contributed by atoms with van der Waals surface area (Å²) in [5.74, 6) is -6.09. The molecule has 1 rings (SSSR count). The summed E-state index contributed by atoms with van der Waals surface area (Å²) in [6.45, 7) is 0. The van der Waals surface area contributed by atoms with Gasteiger partial charge in [-0.1, -0.05) is 0 Å². The fourth-order valence-electron chi connectivity index (χ4n) is 0.679. The Morgan fingerprint density at radius 1 is 1.08 bits per heavy atom. The first-order chi connectivity index (χ1) is 5.52. The van der Waals surface area contributed by atoms with Gasteiger partial charge in [0.15, 0.2) is 11.6 Å². The Labute approximate surface area is 93.7 Å². The van der Waals surface area contributed by atoms with Gasteiger partial charge >= 0.3 is 29.6 Å². The number of halogens is 3. The minimum Gasteiger partial charge on any atom is -0.545 e. The third kappa shape index (κ3) is 2.72. The summed E-state index contributed by atoms with van der Waals surface area (Å²) >= 11 is 0. The van der Waals surface area contributed by atoms with Crippen LogP contribution in [0.5, 0.6) is 0 Å². The summed E-state index contributed by atoms with van der Waals surface area (Å²) in [6.07, 6.45) is 0. The van der Waals surface area contributed by atoms with Crippen LogP contribution in [0.3, 0.4) is 0 Å². The normalized spacial score (nSPS) is 9.15. The van der Waals surface area contributed by atoms with Gasteiger partial charge in [-0.15, -0.1) is 0 Å². The van der Waals surface area contributed by atoms with Crippen LogP contribution < -0.4 is 34.7 Å². The van der Waals surface area contributed by atoms with E-state index in [9.17, 15) is 23.1 Å². The van der Waals surface area contributed by atoms with E-state index in [-0.39, 0.29) is 41.7 Å². The third-order valence-electron chi connectivity index (χ3n) is 1.23. The van der Waals surface area contributed by atoms with Crippen molar-refractivity contribution in [1.82, 2.24) is 0 Å². The number of carboxylic acid groups (broad SMARTS) is 1. The van der Waals surface area contributed by atoms with Gasteiger partial charge in [0.1, 0.15) is 5.82 Å². The van der Waals surface area contributed by atoms with Crippen LogP contribution in [0.25, 0.3) is 0 Å². The van der Waals surface area contributed by atoms with Gasteiger partial charge in [0.05, 0.1) is 5.97 Å². The van der Waals surface area contributed by atoms with Crippen LogP contribution in [0.15, 0.2) is 12.1 Å². The third-order valence-corrected chi connectivity index (χ3v) is 1.23. The molecule has 0 saturated carbocycles. The van der Waals surface area contributed by atoms with Gasteiger partial charge in [0.25, 0.3) is 0 Å². The largest absolute Gasteiger partial charge is 1.00 e. The van der Waals surface area contributed by atoms with Crippen LogP contribution in [-0.4, -0.2) is 5.97 Å². The van der Waals surface area contributed by atoms with Crippen molar-refractivity contribution in [1.29, 1.82) is 0 Å². The van der Waals surface area contributed by atoms with Crippen LogP contribution in [0, 0.1) is 17.5 Å². The fourth-order valence-corrected chi connectivity index (χ4v) is 0.679. The van der Waals surface area contributed by atoms with E-state index in [1.54, 1.807) is 0 Å². The summed E-state index contributed by atoms with van der Waals surface area (Å²) in [4.78, 5) is 10.0. The van der Waals surface area contributed by atoms with E-state index in [1.165, 1.54) is 0 Å². The van der Waals surface area contributed by atoms with Crippen molar-refractivity contribution in [2.45, 2.75) is 0 Å². The molecular weight excluding hydrogens is 196 g/mol. The molecule has 0 bridgehead atoms. The SMILES string of the molecule is O=C([O-])c1cc(F)c(F)cc1F.[Na+]. The summed E-state index contributed by atoms with van der Waals surface area (Å²) < 4.78 is 36.9. The van der Waals surface area contributed by atoms with Gasteiger partial charge in [-0.25, -0.2) is 13.2 Å². The molecule has 0 N–H and O–H groups in total. The van der Waals surface area contributed by atoms with Crippen molar-refractivity contribution in [3.63, 3.8) is 0 Å². The van der Waals surface area contributed by atoms with Gasteiger partial charge in [-0.05, 0) is 6.07 Å². The van der Waals surface area contributed by atoms with Crippen LogP contribution in [-0.2, 0) is 0 Å². The predicted octanol–water partition coefficient (Wildman–Crippen LogP) is -2.53. The van der Waals surface area contributed by atoms with Crippen molar-refractivity contribution < 1.29 is 52.6 Å². The molecule has 0 aliphatic rings. The first-order valence-corrected chi connectivity index (χ1v) is 2.88. The van der Waals surface area contributed by atoms with E-state index in [2.05, 4.69) is 0 Å². The molecule has 0 aromatic heterocycles. The number of hydrogen-bond donors (Lipinski definition) is 0. The van der Waals surface area contributed by atoms with Gasteiger partial charge in [0.2, 0.25) is 0 Å². The van der Waals surface area contributed by atoms with Crippen LogP contribution in [0.2, 0.25) is 0 Å². The Morgan fingerprint density at radius 2 is 1.54 bits per heavy atom. The molecule has 0 amide bonds. The molecule has 0 radical (unpaired) electrons. The Bertz CT molecular complexity index is 341. The van der Waals surface area contributed by atoms with Crippen molar-refractivity contribution in [3.05, 3.63) is 35.1 Å². The van der Waals surface area contributed by atoms with Crippen molar-refractivity contribution >= 4 is 5.97 Å². The monoisotopic (exact) mass is 198 g/mol. The first-order valence-electron chi connectivity index (χ1n) is 2.88. The Balaban J connectivity index is 0.00000144. The zero-order valence-electron chi connectivity index (χ0n) is 6.61. The molecule has 0 aliphatic carbocycles. The average Bonchev–Trinajstić information content (AvgIpc) is 1.96. The zero-order valence-corrected chi connectivity index (χ0v) is 8.61. The second kappa shape index (κ2) is 4.64. The van der Waals surface area contributed by atoms with E-state index in [4.69, 9.17) is 0 Å². The van der Waals surface area contributed by atoms with Crippen LogP contribution in [0.4, 0.5) is 13.2 Å². The van der Waals surface area contributed by atoms with E-state index in [1.807, 2.05) is 0 Å². The van der Waals surface area contributed by atoms with Gasteiger partial charge in [-0.2, -0.15) is 0 Å². The van der Waals surface area contributed by atoms with Crippen molar-refractivity contribution in [3.8, 4) is 0 Å². The standard InChI is InChI=1S/C7H3F3O2.Na/c8-4-2-6(10)5(9)1-3(4)7(11)12;/h1-2H,(H,11,12);/q;+1/p-1. The molecule has 64 valence electrons. The van der Waals surface area contributed by atoms with Crippen molar-refractivity contribution in [2.75, 3.05) is 0 Å². The number of benzene rings is 1. The second-order valence-electron chi connectivity index (χ2n) is 2.03. The number of carbonyl (C=O) groups is 1. The quantitative estimate of drug-likeness (QED) is 0.369. The second-order valence-corrected chi connectivity index (χ2v) is 2.03. The molecule has 6 heteroatoms. The van der Waals surface area contributed by atoms with Crippen LogP contribution in [0.1, 0.15) is 10.4 Å². The molecule has 0 saturated heterocycles. The molecule has 1 aromatic rings. The average molecular weight is 198 g/mol. The maximum atomic E-state index is 12.5. The minimum atomic E-state index is -1.88. The summed E-state index contributed by atoms with van der Waals surface area (Å²) in [5.41, 5.74) is -0.992. The smallest absolute Gasteiger partial charge is 0.545 e. The molecule has 13 heavy (non-hydrogen) atoms. The first kappa shape index (κ1) is 12.5. The molecule has 0 aliphatic heterocycles. The molecule has 0 fully saturated rings. The van der Waals surface area contributed by atoms with Crippen LogP contribution >= 0.6 is 0 Å². The van der Waals surface area contributed by atoms with E-state index >= 15 is 0 Å². The molecule has 0 spiro atoms. The molecule has 0 unspecified atom stereocenters. The fraction of sp³-hybridized carbons (Fsp3) is 0. The summed E-state index contributed by atoms with van der Waals surface area (Å²) in [5, 5.41) is 10.0. The maximum Gasteiger partial charge on any atom is 1.00 e. The minimum absolute atomic E-state index is 0. The Kier molecular flexibility index (Phi) is 4.46. The number of carboxylic acids is 1. The van der Waals surface area contributed by atoms with E-state index in [0.717, 1.165) is 0 Å². The summed E-state index contributed by atoms with van der Waals surface area (Å²) in [7, 11) is 0. The molecule has 2 nitrogen and oxygen atoms in total. The summed E-state index contributed by atoms with van der Waals surface area (Å²) in [6, 6.07) is 0.389. The van der Waals surface area contributed by atoms with Gasteiger partial charge < -0.3 is 9.90 Å². The Morgan fingerprint density at radius 3 is 2.00 bits per heavy atom. The van der Waals surface area contributed by atoms with Gasteiger partial charge in [-0.3, -0.25) is 0 Å². The van der Waals surface area contributed by atoms with E-state index < -0.39 is 29.0 Å². The molecule has 0 atom stereocenters. The van der Waals surface area contributed by atoms with E-state index in [0.29, 0.717) is 0 Å². The topological polar surface area (TPSA) is 40.1 Å². The number of rotatable bonds is 1. The predicted molar refractivity (Wildman–Crippen MR) is 30.6 cm³/mol. The Hall–Kier alpha value is -0.520. The molecule has 1 aromatic carbocycles.